The van der Waals surface area contributed by atoms with Crippen LogP contribution in [0.1, 0.15) is 11.5 Å². The summed E-state index contributed by atoms with van der Waals surface area (Å²) in [5.74, 6) is -0.329. The molecule has 6 aromatic rings. The maximum absolute atomic E-state index is 14.9. The number of H-pyrrole nitrogens is 1. The molecule has 15 heteroatoms. The molecule has 11 nitrogen and oxygen atoms in total. The highest BCUT2D eigenvalue weighted by Crippen LogP contribution is 2.33. The van der Waals surface area contributed by atoms with Gasteiger partial charge in [0.25, 0.3) is 5.56 Å². The third kappa shape index (κ3) is 4.86. The van der Waals surface area contributed by atoms with Gasteiger partial charge < -0.3 is 14.9 Å². The zero-order chi connectivity index (χ0) is 30.5. The summed E-state index contributed by atoms with van der Waals surface area (Å²) in [5.41, 5.74) is -4.82. The van der Waals surface area contributed by atoms with Crippen LogP contribution >= 0.6 is 0 Å². The van der Waals surface area contributed by atoms with Crippen LogP contribution in [-0.2, 0) is 6.18 Å². The topological polar surface area (TPSA) is 132 Å². The van der Waals surface area contributed by atoms with Crippen molar-refractivity contribution in [3.05, 3.63) is 118 Å². The van der Waals surface area contributed by atoms with Crippen molar-refractivity contribution in [2.24, 2.45) is 0 Å². The highest BCUT2D eigenvalue weighted by Gasteiger charge is 2.39. The van der Waals surface area contributed by atoms with E-state index in [1.165, 1.54) is 36.5 Å². The number of aryl methyl sites for hydroxylation is 1. The first kappa shape index (κ1) is 27.3. The minimum atomic E-state index is -5.06. The second-order valence-corrected chi connectivity index (χ2v) is 9.28. The highest BCUT2D eigenvalue weighted by atomic mass is 19.4. The number of hydrogen-bond donors (Lipinski definition) is 2. The van der Waals surface area contributed by atoms with Gasteiger partial charge in [0.15, 0.2) is 11.2 Å². The molecule has 4 aromatic heterocycles. The Hall–Kier alpha value is -5.86. The van der Waals surface area contributed by atoms with Crippen LogP contribution in [0.4, 0.5) is 28.0 Å². The third-order valence-electron chi connectivity index (χ3n) is 6.58. The molecule has 0 aliphatic heterocycles. The van der Waals surface area contributed by atoms with Gasteiger partial charge in [0, 0.05) is 42.1 Å². The number of alkyl halides is 3. The van der Waals surface area contributed by atoms with Gasteiger partial charge in [-0.05, 0) is 42.8 Å². The summed E-state index contributed by atoms with van der Waals surface area (Å²) >= 11 is 0. The van der Waals surface area contributed by atoms with Crippen LogP contribution in [0.2, 0.25) is 0 Å². The number of imidazole rings is 1. The maximum atomic E-state index is 14.9. The summed E-state index contributed by atoms with van der Waals surface area (Å²) in [7, 11) is 0. The van der Waals surface area contributed by atoms with Gasteiger partial charge in [-0.2, -0.15) is 22.8 Å². The number of nitrogens with zero attached hydrogens (tertiary/aromatic N) is 6. The molecule has 0 saturated carbocycles. The molecule has 2 N–H and O–H groups in total. The maximum Gasteiger partial charge on any atom is 0.437 e. The van der Waals surface area contributed by atoms with Gasteiger partial charge in [0.05, 0.1) is 11.4 Å². The second-order valence-electron chi connectivity index (χ2n) is 9.28. The fraction of sp³-hybridized carbons (Fsp3) is 0.0714. The van der Waals surface area contributed by atoms with Gasteiger partial charge in [-0.25, -0.2) is 23.6 Å². The largest absolute Gasteiger partial charge is 0.437 e. The normalized spacial score (nSPS) is 11.7. The van der Waals surface area contributed by atoms with E-state index in [0.29, 0.717) is 27.3 Å². The Kier molecular flexibility index (Phi) is 6.48. The lowest BCUT2D eigenvalue weighted by molar-refractivity contribution is -0.140. The van der Waals surface area contributed by atoms with E-state index in [0.717, 1.165) is 6.07 Å². The van der Waals surface area contributed by atoms with Crippen molar-refractivity contribution in [2.75, 3.05) is 5.32 Å². The number of benzene rings is 2. The van der Waals surface area contributed by atoms with Gasteiger partial charge >= 0.3 is 17.9 Å². The number of aromatic nitrogens is 7. The number of hydrogen-bond acceptors (Lipinski definition) is 6. The molecule has 0 aliphatic carbocycles. The first-order valence-electron chi connectivity index (χ1n) is 12.5. The van der Waals surface area contributed by atoms with Crippen molar-refractivity contribution in [1.29, 1.82) is 0 Å². The lowest BCUT2D eigenvalue weighted by atomic mass is 10.1. The molecular formula is C28H18F4N8O3. The molecule has 6 rings (SSSR count). The molecule has 0 atom stereocenters. The molecule has 0 radical (unpaired) electrons. The molecule has 43 heavy (non-hydrogen) atoms. The lowest BCUT2D eigenvalue weighted by Crippen LogP contribution is -2.42. The smallest absolute Gasteiger partial charge is 0.304 e. The number of rotatable bonds is 4. The van der Waals surface area contributed by atoms with Crippen LogP contribution in [0.3, 0.4) is 0 Å². The number of fused-ring (bicyclic) bond motifs is 1. The van der Waals surface area contributed by atoms with Crippen molar-refractivity contribution >= 4 is 22.8 Å². The van der Waals surface area contributed by atoms with Gasteiger partial charge in [-0.3, -0.25) is 9.78 Å². The van der Waals surface area contributed by atoms with Crippen LogP contribution in [0, 0.1) is 12.7 Å². The SMILES string of the molecule is Cc1nccn1-c1ccc(NC(=O)n2c(=O)[nH]c3c(C(F)(F)F)nn(-c4cccc(-c5cccnc5)c4)c3c2=O)c(F)c1. The van der Waals surface area contributed by atoms with E-state index in [9.17, 15) is 31.9 Å². The molecule has 0 fully saturated rings. The standard InChI is InChI=1S/C28H18F4N8O3/c1-15-34-10-11-38(15)18-7-8-21(20(29)13-18)35-26(42)39-25(41)23-22(36-27(39)43)24(28(30,31)32)37-40(23)19-6-2-4-16(12-19)17-5-3-9-33-14-17/h2-14H,1H3,(H,35,42)(H,36,43). The number of nitrogens with one attached hydrogen (secondary N) is 2. The van der Waals surface area contributed by atoms with Crippen LogP contribution in [0.15, 0.2) is 89.0 Å². The first-order valence-corrected chi connectivity index (χ1v) is 12.5. The fourth-order valence-electron chi connectivity index (χ4n) is 4.59. The summed E-state index contributed by atoms with van der Waals surface area (Å²) in [6, 6.07) is 11.8. The van der Waals surface area contributed by atoms with Gasteiger partial charge in [-0.15, -0.1) is 0 Å². The summed E-state index contributed by atoms with van der Waals surface area (Å²) in [5, 5.41) is 5.73. The van der Waals surface area contributed by atoms with Crippen molar-refractivity contribution < 1.29 is 22.4 Å². The zero-order valence-corrected chi connectivity index (χ0v) is 21.9. The quantitative estimate of drug-likeness (QED) is 0.287. The fourth-order valence-corrected chi connectivity index (χ4v) is 4.59. The zero-order valence-electron chi connectivity index (χ0n) is 21.9. The Bertz CT molecular complexity index is 2150. The summed E-state index contributed by atoms with van der Waals surface area (Å²) < 4.78 is 59.1. The summed E-state index contributed by atoms with van der Waals surface area (Å²) in [6.45, 7) is 1.70. The number of amides is 1. The van der Waals surface area contributed by atoms with E-state index in [4.69, 9.17) is 0 Å². The van der Waals surface area contributed by atoms with Crippen LogP contribution in [0.5, 0.6) is 0 Å². The van der Waals surface area contributed by atoms with E-state index >= 15 is 0 Å². The molecule has 0 bridgehead atoms. The third-order valence-corrected chi connectivity index (χ3v) is 6.58. The molecule has 0 unspecified atom stereocenters. The Labute approximate surface area is 237 Å². The Morgan fingerprint density at radius 3 is 2.44 bits per heavy atom. The first-order chi connectivity index (χ1) is 20.5. The molecule has 4 heterocycles. The molecule has 216 valence electrons. The van der Waals surface area contributed by atoms with Crippen molar-refractivity contribution in [1.82, 2.24) is 33.9 Å². The number of carbonyl (C=O) groups excluding carboxylic acids is 1. The van der Waals surface area contributed by atoms with E-state index in [-0.39, 0.29) is 15.9 Å². The lowest BCUT2D eigenvalue weighted by Gasteiger charge is -2.11. The van der Waals surface area contributed by atoms with Crippen molar-refractivity contribution in [3.8, 4) is 22.5 Å². The highest BCUT2D eigenvalue weighted by molar-refractivity contribution is 5.92. The summed E-state index contributed by atoms with van der Waals surface area (Å²) in [6.07, 6.45) is 1.14. The molecular weight excluding hydrogens is 572 g/mol. The number of pyridine rings is 1. The van der Waals surface area contributed by atoms with E-state index in [1.54, 1.807) is 48.3 Å². The number of aromatic amines is 1. The number of anilines is 1. The predicted octanol–water partition coefficient (Wildman–Crippen LogP) is 4.67. The molecule has 0 saturated heterocycles. The molecule has 0 aliphatic rings. The van der Waals surface area contributed by atoms with Crippen LogP contribution in [0.25, 0.3) is 33.5 Å². The Balaban J connectivity index is 1.46. The minimum Gasteiger partial charge on any atom is -0.304 e. The van der Waals surface area contributed by atoms with E-state index in [2.05, 4.69) is 20.4 Å². The number of carbonyl (C=O) groups is 1. The van der Waals surface area contributed by atoms with E-state index < -0.39 is 46.0 Å². The van der Waals surface area contributed by atoms with E-state index in [1.807, 2.05) is 4.98 Å². The minimum absolute atomic E-state index is 0.0365. The van der Waals surface area contributed by atoms with Gasteiger partial charge in [0.2, 0.25) is 0 Å². The molecule has 0 spiro atoms. The molecule has 1 amide bonds. The molecule has 2 aromatic carbocycles. The average molecular weight is 590 g/mol. The van der Waals surface area contributed by atoms with Crippen LogP contribution < -0.4 is 16.6 Å². The second kappa shape index (κ2) is 10.2. The van der Waals surface area contributed by atoms with Crippen LogP contribution in [-0.4, -0.2) is 39.9 Å². The predicted molar refractivity (Wildman–Crippen MR) is 147 cm³/mol. The Morgan fingerprint density at radius 2 is 1.77 bits per heavy atom. The van der Waals surface area contributed by atoms with Crippen molar-refractivity contribution in [3.63, 3.8) is 0 Å². The van der Waals surface area contributed by atoms with Gasteiger partial charge in [-0.1, -0.05) is 18.2 Å². The van der Waals surface area contributed by atoms with Crippen molar-refractivity contribution in [2.45, 2.75) is 13.1 Å². The van der Waals surface area contributed by atoms with Gasteiger partial charge in [0.1, 0.15) is 17.2 Å². The monoisotopic (exact) mass is 590 g/mol. The Morgan fingerprint density at radius 1 is 0.977 bits per heavy atom. The average Bonchev–Trinajstić information content (AvgIpc) is 3.58. The summed E-state index contributed by atoms with van der Waals surface area (Å²) in [4.78, 5) is 49.5. The number of halogens is 4.